The molecule has 2 aromatic rings. The molecule has 0 unspecified atom stereocenters. The maximum absolute atomic E-state index is 11.9. The van der Waals surface area contributed by atoms with Crippen LogP contribution in [0.1, 0.15) is 26.7 Å². The van der Waals surface area contributed by atoms with E-state index in [1.807, 2.05) is 26.8 Å². The quantitative estimate of drug-likeness (QED) is 0.793. The third-order valence-electron chi connectivity index (χ3n) is 3.50. The highest BCUT2D eigenvalue weighted by Gasteiger charge is 2.34. The van der Waals surface area contributed by atoms with E-state index in [1.165, 1.54) is 0 Å². The number of nitrogens with zero attached hydrogens (tertiary/aromatic N) is 4. The highest BCUT2D eigenvalue weighted by atomic mass is 79.9. The molecule has 3 heterocycles. The zero-order valence-corrected chi connectivity index (χ0v) is 15.4. The van der Waals surface area contributed by atoms with Crippen molar-refractivity contribution >= 4 is 22.0 Å². The molecule has 1 saturated heterocycles. The van der Waals surface area contributed by atoms with Gasteiger partial charge in [-0.05, 0) is 42.8 Å². The van der Waals surface area contributed by atoms with Crippen LogP contribution in [0.4, 0.5) is 4.79 Å². The van der Waals surface area contributed by atoms with Gasteiger partial charge in [0.25, 0.3) is 0 Å². The van der Waals surface area contributed by atoms with Crippen LogP contribution in [0.3, 0.4) is 0 Å². The van der Waals surface area contributed by atoms with E-state index in [4.69, 9.17) is 9.26 Å². The summed E-state index contributed by atoms with van der Waals surface area (Å²) in [6.45, 7) is 6.87. The van der Waals surface area contributed by atoms with Crippen molar-refractivity contribution < 1.29 is 14.1 Å². The number of rotatable bonds is 3. The van der Waals surface area contributed by atoms with E-state index in [1.54, 1.807) is 17.3 Å². The van der Waals surface area contributed by atoms with Crippen LogP contribution in [0, 0.1) is 5.92 Å². The molecule has 0 saturated carbocycles. The predicted molar refractivity (Wildman–Crippen MR) is 90.2 cm³/mol. The molecule has 1 aliphatic heterocycles. The Labute approximate surface area is 148 Å². The normalized spacial score (nSPS) is 15.2. The number of pyridine rings is 1. The zero-order valence-electron chi connectivity index (χ0n) is 13.8. The Morgan fingerprint density at radius 1 is 1.42 bits per heavy atom. The molecule has 0 atom stereocenters. The van der Waals surface area contributed by atoms with E-state index in [0.29, 0.717) is 37.1 Å². The molecule has 0 spiro atoms. The van der Waals surface area contributed by atoms with Gasteiger partial charge in [-0.1, -0.05) is 5.16 Å². The van der Waals surface area contributed by atoms with Crippen LogP contribution < -0.4 is 0 Å². The van der Waals surface area contributed by atoms with Crippen LogP contribution in [0.25, 0.3) is 11.4 Å². The standard InChI is InChI=1S/C16H19BrN4O3/c1-16(2,3)23-15(22)21-8-10(9-21)4-13-19-14(20-24-13)11-5-12(17)7-18-6-11/h5-7,10H,4,8-9H2,1-3H3. The molecular weight excluding hydrogens is 376 g/mol. The molecule has 3 rings (SSSR count). The Hall–Kier alpha value is -1.96. The number of amides is 1. The number of hydrogen-bond donors (Lipinski definition) is 0. The fraction of sp³-hybridized carbons (Fsp3) is 0.500. The smallest absolute Gasteiger partial charge is 0.410 e. The van der Waals surface area contributed by atoms with Crippen molar-refractivity contribution in [1.29, 1.82) is 0 Å². The third kappa shape index (κ3) is 4.11. The molecule has 0 radical (unpaired) electrons. The second-order valence-electron chi connectivity index (χ2n) is 6.86. The van der Waals surface area contributed by atoms with Gasteiger partial charge >= 0.3 is 6.09 Å². The van der Waals surface area contributed by atoms with Crippen molar-refractivity contribution in [2.24, 2.45) is 5.92 Å². The molecule has 1 amide bonds. The van der Waals surface area contributed by atoms with Crippen LogP contribution in [0.5, 0.6) is 0 Å². The van der Waals surface area contributed by atoms with E-state index in [-0.39, 0.29) is 6.09 Å². The second kappa shape index (κ2) is 6.51. The Bertz CT molecular complexity index is 735. The summed E-state index contributed by atoms with van der Waals surface area (Å²) in [5.41, 5.74) is 0.324. The summed E-state index contributed by atoms with van der Waals surface area (Å²) in [7, 11) is 0. The van der Waals surface area contributed by atoms with Crippen molar-refractivity contribution in [3.05, 3.63) is 28.8 Å². The van der Waals surface area contributed by atoms with Crippen LogP contribution >= 0.6 is 15.9 Å². The largest absolute Gasteiger partial charge is 0.444 e. The first-order valence-electron chi connectivity index (χ1n) is 7.71. The fourth-order valence-corrected chi connectivity index (χ4v) is 2.78. The van der Waals surface area contributed by atoms with Gasteiger partial charge in [0.2, 0.25) is 11.7 Å². The Balaban J connectivity index is 1.53. The average Bonchev–Trinajstić information content (AvgIpc) is 2.89. The van der Waals surface area contributed by atoms with Gasteiger partial charge in [0.05, 0.1) is 0 Å². The van der Waals surface area contributed by atoms with Gasteiger partial charge in [-0.15, -0.1) is 0 Å². The second-order valence-corrected chi connectivity index (χ2v) is 7.77. The maximum atomic E-state index is 11.9. The molecule has 1 aliphatic rings. The Morgan fingerprint density at radius 2 is 2.17 bits per heavy atom. The van der Waals surface area contributed by atoms with Gasteiger partial charge in [-0.2, -0.15) is 4.98 Å². The molecule has 2 aromatic heterocycles. The van der Waals surface area contributed by atoms with Gasteiger partial charge in [-0.25, -0.2) is 4.79 Å². The number of aromatic nitrogens is 3. The van der Waals surface area contributed by atoms with Crippen molar-refractivity contribution in [2.45, 2.75) is 32.8 Å². The molecule has 0 N–H and O–H groups in total. The Morgan fingerprint density at radius 3 is 2.83 bits per heavy atom. The zero-order chi connectivity index (χ0) is 17.3. The van der Waals surface area contributed by atoms with Gasteiger partial charge in [0, 0.05) is 47.9 Å². The SMILES string of the molecule is CC(C)(C)OC(=O)N1CC(Cc2nc(-c3cncc(Br)c3)no2)C1. The minimum atomic E-state index is -0.471. The van der Waals surface area contributed by atoms with E-state index in [9.17, 15) is 4.79 Å². The van der Waals surface area contributed by atoms with Crippen LogP contribution in [0.2, 0.25) is 0 Å². The van der Waals surface area contributed by atoms with Gasteiger partial charge in [0.1, 0.15) is 5.60 Å². The first-order valence-corrected chi connectivity index (χ1v) is 8.51. The number of halogens is 1. The van der Waals surface area contributed by atoms with E-state index < -0.39 is 5.60 Å². The van der Waals surface area contributed by atoms with Crippen molar-refractivity contribution in [2.75, 3.05) is 13.1 Å². The maximum Gasteiger partial charge on any atom is 0.410 e. The summed E-state index contributed by atoms with van der Waals surface area (Å²) in [4.78, 5) is 22.1. The van der Waals surface area contributed by atoms with E-state index in [0.717, 1.165) is 10.0 Å². The van der Waals surface area contributed by atoms with Crippen molar-refractivity contribution in [3.63, 3.8) is 0 Å². The summed E-state index contributed by atoms with van der Waals surface area (Å²) in [5, 5.41) is 3.99. The lowest BCUT2D eigenvalue weighted by atomic mass is 9.97. The molecule has 7 nitrogen and oxygen atoms in total. The lowest BCUT2D eigenvalue weighted by molar-refractivity contribution is -0.00186. The Kier molecular flexibility index (Phi) is 4.58. The van der Waals surface area contributed by atoms with Crippen molar-refractivity contribution in [3.8, 4) is 11.4 Å². The molecule has 8 heteroatoms. The molecular formula is C16H19BrN4O3. The number of likely N-dealkylation sites (tertiary alicyclic amines) is 1. The van der Waals surface area contributed by atoms with Crippen LogP contribution in [0.15, 0.2) is 27.5 Å². The molecule has 0 bridgehead atoms. The molecule has 0 aliphatic carbocycles. The molecule has 128 valence electrons. The highest BCUT2D eigenvalue weighted by Crippen LogP contribution is 2.24. The number of carbonyl (C=O) groups is 1. The molecule has 0 aromatic carbocycles. The summed E-state index contributed by atoms with van der Waals surface area (Å²) in [5.74, 6) is 1.40. The lowest BCUT2D eigenvalue weighted by Crippen LogP contribution is -2.52. The van der Waals surface area contributed by atoms with E-state index in [2.05, 4.69) is 31.1 Å². The summed E-state index contributed by atoms with van der Waals surface area (Å²) >= 11 is 3.37. The average molecular weight is 395 g/mol. The first kappa shape index (κ1) is 16.9. The van der Waals surface area contributed by atoms with Crippen LogP contribution in [-0.4, -0.2) is 44.8 Å². The van der Waals surface area contributed by atoms with Gasteiger partial charge in [0.15, 0.2) is 0 Å². The molecule has 1 fully saturated rings. The van der Waals surface area contributed by atoms with Gasteiger partial charge in [-0.3, -0.25) is 4.98 Å². The number of hydrogen-bond acceptors (Lipinski definition) is 6. The first-order chi connectivity index (χ1) is 11.3. The number of ether oxygens (including phenoxy) is 1. The molecule has 24 heavy (non-hydrogen) atoms. The third-order valence-corrected chi connectivity index (χ3v) is 3.94. The summed E-state index contributed by atoms with van der Waals surface area (Å²) < 4.78 is 11.5. The van der Waals surface area contributed by atoms with Crippen LogP contribution in [-0.2, 0) is 11.2 Å². The summed E-state index contributed by atoms with van der Waals surface area (Å²) in [6.07, 6.45) is 3.76. The minimum absolute atomic E-state index is 0.273. The summed E-state index contributed by atoms with van der Waals surface area (Å²) in [6, 6.07) is 1.88. The minimum Gasteiger partial charge on any atom is -0.444 e. The number of carbonyl (C=O) groups excluding carboxylic acids is 1. The fourth-order valence-electron chi connectivity index (χ4n) is 2.41. The van der Waals surface area contributed by atoms with Gasteiger partial charge < -0.3 is 14.2 Å². The highest BCUT2D eigenvalue weighted by molar-refractivity contribution is 9.10. The predicted octanol–water partition coefficient (Wildman–Crippen LogP) is 3.30. The topological polar surface area (TPSA) is 81.4 Å². The monoisotopic (exact) mass is 394 g/mol. The van der Waals surface area contributed by atoms with Crippen molar-refractivity contribution in [1.82, 2.24) is 20.0 Å². The van der Waals surface area contributed by atoms with E-state index >= 15 is 0 Å². The lowest BCUT2D eigenvalue weighted by Gasteiger charge is -2.39.